The molecule has 5 heterocycles. The molecule has 0 atom stereocenters. The molecule has 0 aliphatic carbocycles. The normalized spacial score (nSPS) is 14.3. The molecule has 5 aromatic rings. The number of pyridine rings is 2. The summed E-state index contributed by atoms with van der Waals surface area (Å²) < 4.78 is 14.8. The fourth-order valence-corrected chi connectivity index (χ4v) is 4.33. The van der Waals surface area contributed by atoms with Crippen molar-refractivity contribution in [2.75, 3.05) is 38.3 Å². The summed E-state index contributed by atoms with van der Waals surface area (Å²) in [5, 5.41) is 4.59. The summed E-state index contributed by atoms with van der Waals surface area (Å²) >= 11 is 0. The van der Waals surface area contributed by atoms with Crippen LogP contribution in [0.3, 0.4) is 0 Å². The van der Waals surface area contributed by atoms with E-state index in [-0.39, 0.29) is 0 Å². The van der Waals surface area contributed by atoms with Gasteiger partial charge in [0.05, 0.1) is 56.7 Å². The molecule has 33 heavy (non-hydrogen) atoms. The van der Waals surface area contributed by atoms with Crippen LogP contribution < -0.4 is 9.64 Å². The molecule has 8 nitrogen and oxygen atoms in total. The number of hydrogen-bond donors (Lipinski definition) is 0. The highest BCUT2D eigenvalue weighted by molar-refractivity contribution is 5.80. The largest absolute Gasteiger partial charge is 0.495 e. The highest BCUT2D eigenvalue weighted by Crippen LogP contribution is 2.26. The third-order valence-electron chi connectivity index (χ3n) is 6.17. The molecular formula is C25H24N6O2. The highest BCUT2D eigenvalue weighted by atomic mass is 16.5. The Balaban J connectivity index is 1.31. The van der Waals surface area contributed by atoms with E-state index in [1.165, 1.54) is 5.69 Å². The van der Waals surface area contributed by atoms with Crippen LogP contribution in [0.4, 0.5) is 5.69 Å². The summed E-state index contributed by atoms with van der Waals surface area (Å²) in [6, 6.07) is 14.7. The number of imidazole rings is 1. The van der Waals surface area contributed by atoms with E-state index >= 15 is 0 Å². The highest BCUT2D eigenvalue weighted by Gasteiger charge is 2.13. The van der Waals surface area contributed by atoms with Crippen molar-refractivity contribution in [3.8, 4) is 16.9 Å². The summed E-state index contributed by atoms with van der Waals surface area (Å²) in [4.78, 5) is 11.5. The number of methoxy groups -OCH3 is 1. The first kappa shape index (κ1) is 19.8. The average Bonchev–Trinajstić information content (AvgIpc) is 3.48. The van der Waals surface area contributed by atoms with Crippen LogP contribution >= 0.6 is 0 Å². The molecule has 166 valence electrons. The maximum Gasteiger partial charge on any atom is 0.137 e. The van der Waals surface area contributed by atoms with E-state index in [9.17, 15) is 0 Å². The van der Waals surface area contributed by atoms with Gasteiger partial charge >= 0.3 is 0 Å². The molecule has 1 saturated heterocycles. The lowest BCUT2D eigenvalue weighted by Gasteiger charge is -2.28. The molecule has 0 bridgehead atoms. The molecule has 4 aromatic heterocycles. The number of anilines is 1. The van der Waals surface area contributed by atoms with Crippen LogP contribution in [0.1, 0.15) is 5.69 Å². The predicted molar refractivity (Wildman–Crippen MR) is 127 cm³/mol. The van der Waals surface area contributed by atoms with Gasteiger partial charge in [-0.15, -0.1) is 0 Å². The zero-order valence-corrected chi connectivity index (χ0v) is 18.4. The number of ether oxygens (including phenoxy) is 2. The van der Waals surface area contributed by atoms with Gasteiger partial charge in [-0.25, -0.2) is 4.98 Å². The molecular weight excluding hydrogens is 416 g/mol. The second-order valence-electron chi connectivity index (χ2n) is 8.12. The Labute approximate surface area is 191 Å². The molecule has 1 aromatic carbocycles. The Hall–Kier alpha value is -3.91. The van der Waals surface area contributed by atoms with Gasteiger partial charge in [0.1, 0.15) is 16.9 Å². The Bertz CT molecular complexity index is 1420. The third-order valence-corrected chi connectivity index (χ3v) is 6.17. The second kappa shape index (κ2) is 8.22. The first-order valence-corrected chi connectivity index (χ1v) is 11.0. The number of rotatable bonds is 5. The van der Waals surface area contributed by atoms with Gasteiger partial charge in [0.25, 0.3) is 0 Å². The molecule has 0 radical (unpaired) electrons. The Morgan fingerprint density at radius 2 is 1.79 bits per heavy atom. The number of aromatic nitrogens is 5. The van der Waals surface area contributed by atoms with E-state index in [2.05, 4.69) is 50.3 Å². The quantitative estimate of drug-likeness (QED) is 0.416. The van der Waals surface area contributed by atoms with E-state index in [1.807, 2.05) is 46.0 Å². The minimum Gasteiger partial charge on any atom is -0.495 e. The summed E-state index contributed by atoms with van der Waals surface area (Å²) in [5.74, 6) is 0.788. The lowest BCUT2D eigenvalue weighted by atomic mass is 10.1. The van der Waals surface area contributed by atoms with Crippen LogP contribution in [0.2, 0.25) is 0 Å². The zero-order chi connectivity index (χ0) is 22.2. The van der Waals surface area contributed by atoms with Crippen molar-refractivity contribution in [3.63, 3.8) is 0 Å². The van der Waals surface area contributed by atoms with Crippen molar-refractivity contribution in [1.29, 1.82) is 0 Å². The summed E-state index contributed by atoms with van der Waals surface area (Å²) in [6.45, 7) is 4.01. The molecule has 0 saturated carbocycles. The smallest absolute Gasteiger partial charge is 0.137 e. The number of hydrogen-bond acceptors (Lipinski definition) is 6. The van der Waals surface area contributed by atoms with Gasteiger partial charge in [-0.05, 0) is 35.9 Å². The topological polar surface area (TPSA) is 69.7 Å². The van der Waals surface area contributed by atoms with Crippen LogP contribution in [0.25, 0.3) is 27.8 Å². The van der Waals surface area contributed by atoms with Crippen molar-refractivity contribution in [2.45, 2.75) is 6.54 Å². The second-order valence-corrected chi connectivity index (χ2v) is 8.12. The van der Waals surface area contributed by atoms with Crippen LogP contribution in [0.5, 0.6) is 5.75 Å². The van der Waals surface area contributed by atoms with E-state index in [0.717, 1.165) is 65.6 Å². The number of fused-ring (bicyclic) bond motifs is 2. The molecule has 0 amide bonds. The minimum absolute atomic E-state index is 0.582. The lowest BCUT2D eigenvalue weighted by Crippen LogP contribution is -2.36. The maximum atomic E-state index is 5.46. The Kier molecular flexibility index (Phi) is 4.92. The van der Waals surface area contributed by atoms with Crippen LogP contribution in [-0.4, -0.2) is 57.6 Å². The van der Waals surface area contributed by atoms with Gasteiger partial charge in [0, 0.05) is 30.5 Å². The maximum absolute atomic E-state index is 5.46. The van der Waals surface area contributed by atoms with Gasteiger partial charge in [-0.1, -0.05) is 12.1 Å². The first-order chi connectivity index (χ1) is 16.3. The van der Waals surface area contributed by atoms with Gasteiger partial charge in [-0.3, -0.25) is 14.1 Å². The molecule has 1 aliphatic rings. The lowest BCUT2D eigenvalue weighted by molar-refractivity contribution is 0.122. The number of nitrogens with zero attached hydrogens (tertiary/aromatic N) is 6. The SMILES string of the molecule is COc1ccc2ncc(Cn3ncc4ncc(-c5ccc(N6CCOCC6)cc5)cc43)n2c1. The standard InChI is InChI=1S/C25H24N6O2/c1-32-22-6-7-25-27-14-21(30(25)17-22)16-31-24-12-19(13-26-23(24)15-28-31)18-2-4-20(5-3-18)29-8-10-33-11-9-29/h2-7,12-15,17H,8-11,16H2,1H3. The molecule has 1 fully saturated rings. The van der Waals surface area contributed by atoms with Crippen molar-refractivity contribution in [1.82, 2.24) is 24.1 Å². The van der Waals surface area contributed by atoms with Crippen LogP contribution in [0.15, 0.2) is 67.3 Å². The molecule has 1 aliphatic heterocycles. The van der Waals surface area contributed by atoms with Gasteiger partial charge in [-0.2, -0.15) is 5.10 Å². The van der Waals surface area contributed by atoms with E-state index in [1.54, 1.807) is 7.11 Å². The fourth-order valence-electron chi connectivity index (χ4n) is 4.33. The minimum atomic E-state index is 0.582. The number of benzene rings is 1. The zero-order valence-electron chi connectivity index (χ0n) is 18.4. The van der Waals surface area contributed by atoms with Crippen molar-refractivity contribution >= 4 is 22.4 Å². The van der Waals surface area contributed by atoms with Gasteiger partial charge in [0.15, 0.2) is 0 Å². The average molecular weight is 441 g/mol. The van der Waals surface area contributed by atoms with Crippen LogP contribution in [-0.2, 0) is 11.3 Å². The monoisotopic (exact) mass is 440 g/mol. The van der Waals surface area contributed by atoms with Gasteiger partial charge in [0.2, 0.25) is 0 Å². The van der Waals surface area contributed by atoms with E-state index in [4.69, 9.17) is 9.47 Å². The molecule has 8 heteroatoms. The summed E-state index contributed by atoms with van der Waals surface area (Å²) in [7, 11) is 1.67. The molecule has 0 N–H and O–H groups in total. The Morgan fingerprint density at radius 3 is 2.61 bits per heavy atom. The molecule has 0 spiro atoms. The third kappa shape index (κ3) is 3.68. The summed E-state index contributed by atoms with van der Waals surface area (Å²) in [6.07, 6.45) is 7.55. The van der Waals surface area contributed by atoms with Crippen molar-refractivity contribution < 1.29 is 9.47 Å². The van der Waals surface area contributed by atoms with Crippen molar-refractivity contribution in [2.24, 2.45) is 0 Å². The predicted octanol–water partition coefficient (Wildman–Crippen LogP) is 3.64. The molecule has 0 unspecified atom stereocenters. The van der Waals surface area contributed by atoms with E-state index < -0.39 is 0 Å². The first-order valence-electron chi connectivity index (χ1n) is 11.0. The van der Waals surface area contributed by atoms with Crippen molar-refractivity contribution in [3.05, 3.63) is 72.9 Å². The van der Waals surface area contributed by atoms with E-state index in [0.29, 0.717) is 6.54 Å². The fraction of sp³-hybridized carbons (Fsp3) is 0.240. The number of morpholine rings is 1. The van der Waals surface area contributed by atoms with Gasteiger partial charge < -0.3 is 14.4 Å². The Morgan fingerprint density at radius 1 is 0.939 bits per heavy atom. The summed E-state index contributed by atoms with van der Waals surface area (Å²) in [5.41, 5.74) is 7.18. The molecule has 6 rings (SSSR count). The van der Waals surface area contributed by atoms with Crippen LogP contribution in [0, 0.1) is 0 Å².